The van der Waals surface area contributed by atoms with Crippen molar-refractivity contribution in [1.29, 1.82) is 0 Å². The second-order valence-electron chi connectivity index (χ2n) is 3.76. The van der Waals surface area contributed by atoms with E-state index in [0.717, 1.165) is 17.8 Å². The number of rotatable bonds is 1. The first-order chi connectivity index (χ1) is 4.29. The monoisotopic (exact) mass is 125 g/mol. The summed E-state index contributed by atoms with van der Waals surface area (Å²) in [5.41, 5.74) is 5.78. The lowest BCUT2D eigenvalue weighted by Gasteiger charge is -2.40. The van der Waals surface area contributed by atoms with Crippen LogP contribution in [0.15, 0.2) is 0 Å². The van der Waals surface area contributed by atoms with Gasteiger partial charge in [0.1, 0.15) is 0 Å². The number of hydrogen-bond acceptors (Lipinski definition) is 1. The SMILES string of the molecule is CC1C(C2CC2)C[C@H]1N. The van der Waals surface area contributed by atoms with Crippen LogP contribution in [-0.2, 0) is 0 Å². The van der Waals surface area contributed by atoms with Crippen LogP contribution in [0.5, 0.6) is 0 Å². The summed E-state index contributed by atoms with van der Waals surface area (Å²) in [6, 6.07) is 0.538. The third-order valence-corrected chi connectivity index (χ3v) is 3.12. The van der Waals surface area contributed by atoms with Gasteiger partial charge >= 0.3 is 0 Å². The first-order valence-electron chi connectivity index (χ1n) is 4.04. The van der Waals surface area contributed by atoms with E-state index in [1.165, 1.54) is 19.3 Å². The fourth-order valence-corrected chi connectivity index (χ4v) is 2.01. The molecule has 2 aliphatic carbocycles. The van der Waals surface area contributed by atoms with Gasteiger partial charge in [0.15, 0.2) is 0 Å². The molecule has 0 bridgehead atoms. The summed E-state index contributed by atoms with van der Waals surface area (Å²) in [4.78, 5) is 0. The molecule has 0 spiro atoms. The molecule has 2 fully saturated rings. The Labute approximate surface area is 56.6 Å². The minimum atomic E-state index is 0.538. The van der Waals surface area contributed by atoms with Gasteiger partial charge in [0.2, 0.25) is 0 Å². The van der Waals surface area contributed by atoms with Crippen molar-refractivity contribution in [2.75, 3.05) is 0 Å². The molecule has 2 rings (SSSR count). The molecule has 9 heavy (non-hydrogen) atoms. The summed E-state index contributed by atoms with van der Waals surface area (Å²) < 4.78 is 0. The van der Waals surface area contributed by atoms with Gasteiger partial charge in [-0.2, -0.15) is 0 Å². The third-order valence-electron chi connectivity index (χ3n) is 3.12. The molecule has 2 N–H and O–H groups in total. The maximum Gasteiger partial charge on any atom is 0.00701 e. The van der Waals surface area contributed by atoms with Gasteiger partial charge in [-0.25, -0.2) is 0 Å². The van der Waals surface area contributed by atoms with Gasteiger partial charge < -0.3 is 5.73 Å². The average molecular weight is 125 g/mol. The topological polar surface area (TPSA) is 26.0 Å². The molecule has 2 aliphatic rings. The molecule has 0 aromatic heterocycles. The van der Waals surface area contributed by atoms with Gasteiger partial charge in [0, 0.05) is 6.04 Å². The van der Waals surface area contributed by atoms with E-state index in [1.807, 2.05) is 0 Å². The molecule has 52 valence electrons. The van der Waals surface area contributed by atoms with Crippen LogP contribution in [-0.4, -0.2) is 6.04 Å². The van der Waals surface area contributed by atoms with E-state index in [2.05, 4.69) is 6.92 Å². The molecule has 1 heteroatoms. The minimum Gasteiger partial charge on any atom is -0.327 e. The van der Waals surface area contributed by atoms with Gasteiger partial charge in [-0.1, -0.05) is 6.92 Å². The Morgan fingerprint density at radius 1 is 1.33 bits per heavy atom. The predicted molar refractivity (Wildman–Crippen MR) is 38.0 cm³/mol. The quantitative estimate of drug-likeness (QED) is 0.563. The molecule has 1 nitrogen and oxygen atoms in total. The third kappa shape index (κ3) is 0.787. The van der Waals surface area contributed by atoms with Gasteiger partial charge in [-0.3, -0.25) is 0 Å². The molecule has 0 heterocycles. The van der Waals surface area contributed by atoms with Gasteiger partial charge in [-0.05, 0) is 37.0 Å². The molecule has 2 saturated carbocycles. The fraction of sp³-hybridized carbons (Fsp3) is 1.00. The molecule has 2 unspecified atom stereocenters. The highest BCUT2D eigenvalue weighted by Gasteiger charge is 2.44. The summed E-state index contributed by atoms with van der Waals surface area (Å²) >= 11 is 0. The minimum absolute atomic E-state index is 0.538. The van der Waals surface area contributed by atoms with Crippen LogP contribution in [0, 0.1) is 17.8 Å². The van der Waals surface area contributed by atoms with Crippen LogP contribution in [0.3, 0.4) is 0 Å². The van der Waals surface area contributed by atoms with Crippen LogP contribution in [0.2, 0.25) is 0 Å². The number of nitrogens with two attached hydrogens (primary N) is 1. The Kier molecular flexibility index (Phi) is 1.10. The Hall–Kier alpha value is -0.0400. The lowest BCUT2D eigenvalue weighted by molar-refractivity contribution is 0.130. The molecule has 0 amide bonds. The zero-order valence-corrected chi connectivity index (χ0v) is 6.01. The lowest BCUT2D eigenvalue weighted by atomic mass is 9.68. The second-order valence-corrected chi connectivity index (χ2v) is 3.76. The largest absolute Gasteiger partial charge is 0.327 e. The van der Waals surface area contributed by atoms with Crippen LogP contribution in [0.4, 0.5) is 0 Å². The van der Waals surface area contributed by atoms with E-state index < -0.39 is 0 Å². The van der Waals surface area contributed by atoms with Crippen molar-refractivity contribution in [2.45, 2.75) is 32.2 Å². The molecule has 0 aliphatic heterocycles. The van der Waals surface area contributed by atoms with E-state index in [0.29, 0.717) is 6.04 Å². The standard InChI is InChI=1S/C8H15N/c1-5-7(4-8(5)9)6-2-3-6/h5-8H,2-4,9H2,1H3/t5?,7?,8-/m1/s1. The molecular formula is C8H15N. The highest BCUT2D eigenvalue weighted by atomic mass is 14.7. The number of hydrogen-bond donors (Lipinski definition) is 1. The van der Waals surface area contributed by atoms with Crippen molar-refractivity contribution < 1.29 is 0 Å². The lowest BCUT2D eigenvalue weighted by Crippen LogP contribution is -2.46. The summed E-state index contributed by atoms with van der Waals surface area (Å²) in [6.45, 7) is 2.30. The summed E-state index contributed by atoms with van der Waals surface area (Å²) in [6.07, 6.45) is 4.29. The summed E-state index contributed by atoms with van der Waals surface area (Å²) in [5.74, 6) is 2.93. The van der Waals surface area contributed by atoms with Crippen molar-refractivity contribution >= 4 is 0 Å². The normalized spacial score (nSPS) is 50.7. The van der Waals surface area contributed by atoms with Crippen LogP contribution >= 0.6 is 0 Å². The van der Waals surface area contributed by atoms with E-state index in [4.69, 9.17) is 5.73 Å². The van der Waals surface area contributed by atoms with E-state index in [-0.39, 0.29) is 0 Å². The van der Waals surface area contributed by atoms with E-state index in [9.17, 15) is 0 Å². The highest BCUT2D eigenvalue weighted by molar-refractivity contribution is 4.97. The Bertz CT molecular complexity index is 118. The van der Waals surface area contributed by atoms with Crippen molar-refractivity contribution in [2.24, 2.45) is 23.5 Å². The molecule has 0 radical (unpaired) electrons. The highest BCUT2D eigenvalue weighted by Crippen LogP contribution is 2.49. The van der Waals surface area contributed by atoms with Crippen molar-refractivity contribution in [3.05, 3.63) is 0 Å². The first kappa shape index (κ1) is 5.72. The first-order valence-corrected chi connectivity index (χ1v) is 4.04. The predicted octanol–water partition coefficient (Wildman–Crippen LogP) is 1.38. The van der Waals surface area contributed by atoms with E-state index >= 15 is 0 Å². The van der Waals surface area contributed by atoms with Gasteiger partial charge in [0.25, 0.3) is 0 Å². The van der Waals surface area contributed by atoms with Crippen LogP contribution in [0.1, 0.15) is 26.2 Å². The smallest absolute Gasteiger partial charge is 0.00701 e. The molecular weight excluding hydrogens is 110 g/mol. The Morgan fingerprint density at radius 2 is 2.00 bits per heavy atom. The molecule has 0 saturated heterocycles. The van der Waals surface area contributed by atoms with Crippen molar-refractivity contribution in [3.8, 4) is 0 Å². The Balaban J connectivity index is 1.88. The average Bonchev–Trinajstić information content (AvgIpc) is 2.63. The maximum atomic E-state index is 5.78. The molecule has 3 atom stereocenters. The second kappa shape index (κ2) is 1.72. The van der Waals surface area contributed by atoms with E-state index in [1.54, 1.807) is 0 Å². The van der Waals surface area contributed by atoms with Gasteiger partial charge in [-0.15, -0.1) is 0 Å². The Morgan fingerprint density at radius 3 is 2.33 bits per heavy atom. The zero-order valence-electron chi connectivity index (χ0n) is 6.01. The molecule has 0 aromatic rings. The summed E-state index contributed by atoms with van der Waals surface area (Å²) in [5, 5.41) is 0. The van der Waals surface area contributed by atoms with Crippen molar-refractivity contribution in [3.63, 3.8) is 0 Å². The van der Waals surface area contributed by atoms with Gasteiger partial charge in [0.05, 0.1) is 0 Å². The maximum absolute atomic E-state index is 5.78. The van der Waals surface area contributed by atoms with Crippen LogP contribution < -0.4 is 5.73 Å². The van der Waals surface area contributed by atoms with Crippen LogP contribution in [0.25, 0.3) is 0 Å². The fourth-order valence-electron chi connectivity index (χ4n) is 2.01. The molecule has 0 aromatic carbocycles. The van der Waals surface area contributed by atoms with Crippen molar-refractivity contribution in [1.82, 2.24) is 0 Å². The zero-order chi connectivity index (χ0) is 6.43. The summed E-state index contributed by atoms with van der Waals surface area (Å²) in [7, 11) is 0.